The number of amides is 1. The maximum absolute atomic E-state index is 12.7. The fourth-order valence-electron chi connectivity index (χ4n) is 3.60. The van der Waals surface area contributed by atoms with E-state index in [9.17, 15) is 14.9 Å². The van der Waals surface area contributed by atoms with Gasteiger partial charge in [0.1, 0.15) is 24.7 Å². The molecule has 0 radical (unpaired) electrons. The number of nitro groups is 1. The van der Waals surface area contributed by atoms with Crippen LogP contribution in [-0.2, 0) is 4.74 Å². The van der Waals surface area contributed by atoms with E-state index < -0.39 is 10.8 Å². The topological polar surface area (TPSA) is 89.2 Å². The summed E-state index contributed by atoms with van der Waals surface area (Å²) in [7, 11) is 3.99. The Bertz CT molecular complexity index is 848. The molecule has 0 unspecified atom stereocenters. The van der Waals surface area contributed by atoms with Crippen molar-refractivity contribution in [3.05, 3.63) is 69.8 Å². The molecule has 1 atom stereocenters. The van der Waals surface area contributed by atoms with Crippen LogP contribution in [0.2, 0.25) is 0 Å². The summed E-state index contributed by atoms with van der Waals surface area (Å²) in [5, 5.41) is 14.1. The van der Waals surface area contributed by atoms with Gasteiger partial charge < -0.3 is 19.9 Å². The zero-order chi connectivity index (χ0) is 20.8. The van der Waals surface area contributed by atoms with Gasteiger partial charge in [0.15, 0.2) is 0 Å². The first kappa shape index (κ1) is 20.8. The van der Waals surface area contributed by atoms with Crippen molar-refractivity contribution in [3.63, 3.8) is 0 Å². The molecule has 8 nitrogen and oxygen atoms in total. The molecule has 8 heteroatoms. The molecule has 3 rings (SSSR count). The van der Waals surface area contributed by atoms with Gasteiger partial charge in [0.05, 0.1) is 24.7 Å². The SMILES string of the molecule is CN(C)c1ccc([C@H](CNC(=O)c2ccccc2[N+](=O)[O-])[NH+]2CCOCC2)cc1. The third kappa shape index (κ3) is 5.10. The van der Waals surface area contributed by atoms with E-state index in [1.165, 1.54) is 17.0 Å². The number of hydrogen-bond donors (Lipinski definition) is 2. The Kier molecular flexibility index (Phi) is 6.79. The summed E-state index contributed by atoms with van der Waals surface area (Å²) in [5.74, 6) is -0.431. The second kappa shape index (κ2) is 9.49. The van der Waals surface area contributed by atoms with E-state index in [1.807, 2.05) is 19.0 Å². The van der Waals surface area contributed by atoms with Crippen LogP contribution in [0.4, 0.5) is 11.4 Å². The monoisotopic (exact) mass is 399 g/mol. The van der Waals surface area contributed by atoms with E-state index in [1.54, 1.807) is 12.1 Å². The number of nitro benzene ring substituents is 1. The lowest BCUT2D eigenvalue weighted by molar-refractivity contribution is -0.937. The Balaban J connectivity index is 1.78. The average Bonchev–Trinajstić information content (AvgIpc) is 2.74. The molecule has 2 N–H and O–H groups in total. The van der Waals surface area contributed by atoms with Gasteiger partial charge >= 0.3 is 0 Å². The third-order valence-corrected chi connectivity index (χ3v) is 5.25. The number of rotatable bonds is 7. The van der Waals surface area contributed by atoms with Crippen LogP contribution in [0.25, 0.3) is 0 Å². The van der Waals surface area contributed by atoms with Crippen molar-refractivity contribution in [1.82, 2.24) is 5.32 Å². The standard InChI is InChI=1S/C21H26N4O4/c1-23(2)17-9-7-16(8-10-17)20(24-11-13-29-14-12-24)15-22-21(26)18-5-3-4-6-19(18)25(27)28/h3-10,20H,11-15H2,1-2H3,(H,22,26)/p+1/t20-/m0/s1. The van der Waals surface area contributed by atoms with E-state index in [-0.39, 0.29) is 17.3 Å². The van der Waals surface area contributed by atoms with E-state index in [0.717, 1.165) is 24.3 Å². The van der Waals surface area contributed by atoms with Crippen LogP contribution in [0.5, 0.6) is 0 Å². The summed E-state index contributed by atoms with van der Waals surface area (Å²) in [6, 6.07) is 14.4. The summed E-state index contributed by atoms with van der Waals surface area (Å²) < 4.78 is 5.48. The minimum atomic E-state index is -0.528. The molecule has 0 bridgehead atoms. The van der Waals surface area contributed by atoms with E-state index in [0.29, 0.717) is 19.8 Å². The predicted octanol–water partition coefficient (Wildman–Crippen LogP) is 1.05. The molecule has 0 spiro atoms. The molecule has 1 aliphatic heterocycles. The number of nitrogens with zero attached hydrogens (tertiary/aromatic N) is 2. The molecule has 1 saturated heterocycles. The zero-order valence-corrected chi connectivity index (χ0v) is 16.8. The average molecular weight is 399 g/mol. The fraction of sp³-hybridized carbons (Fsp3) is 0.381. The lowest BCUT2D eigenvalue weighted by atomic mass is 10.0. The number of carbonyl (C=O) groups excluding carboxylic acids is 1. The predicted molar refractivity (Wildman–Crippen MR) is 110 cm³/mol. The second-order valence-electron chi connectivity index (χ2n) is 7.29. The van der Waals surface area contributed by atoms with Crippen molar-refractivity contribution in [2.45, 2.75) is 6.04 Å². The normalized spacial score (nSPS) is 15.5. The number of carbonyl (C=O) groups is 1. The highest BCUT2D eigenvalue weighted by Gasteiger charge is 2.28. The molecule has 2 aromatic carbocycles. The van der Waals surface area contributed by atoms with Gasteiger partial charge in [0, 0.05) is 31.4 Å². The number of hydrogen-bond acceptors (Lipinski definition) is 5. The van der Waals surface area contributed by atoms with Crippen LogP contribution in [0.3, 0.4) is 0 Å². The van der Waals surface area contributed by atoms with Gasteiger partial charge in [0.2, 0.25) is 0 Å². The Morgan fingerprint density at radius 1 is 1.17 bits per heavy atom. The number of para-hydroxylation sites is 1. The molecule has 0 aliphatic carbocycles. The van der Waals surface area contributed by atoms with Crippen molar-refractivity contribution in [1.29, 1.82) is 0 Å². The Hall–Kier alpha value is -2.97. The third-order valence-electron chi connectivity index (χ3n) is 5.25. The van der Waals surface area contributed by atoms with Gasteiger partial charge in [-0.3, -0.25) is 14.9 Å². The van der Waals surface area contributed by atoms with Gasteiger partial charge in [-0.1, -0.05) is 24.3 Å². The second-order valence-corrected chi connectivity index (χ2v) is 7.29. The highest BCUT2D eigenvalue weighted by Crippen LogP contribution is 2.19. The first-order chi connectivity index (χ1) is 14.0. The fourth-order valence-corrected chi connectivity index (χ4v) is 3.60. The smallest absolute Gasteiger partial charge is 0.282 e. The molecule has 1 aliphatic rings. The maximum atomic E-state index is 12.7. The molecule has 0 saturated carbocycles. The molecule has 154 valence electrons. The highest BCUT2D eigenvalue weighted by atomic mass is 16.6. The quantitative estimate of drug-likeness (QED) is 0.537. The van der Waals surface area contributed by atoms with E-state index >= 15 is 0 Å². The largest absolute Gasteiger partial charge is 0.378 e. The lowest BCUT2D eigenvalue weighted by Gasteiger charge is -2.32. The van der Waals surface area contributed by atoms with Crippen molar-refractivity contribution >= 4 is 17.3 Å². The van der Waals surface area contributed by atoms with Gasteiger partial charge in [-0.25, -0.2) is 0 Å². The van der Waals surface area contributed by atoms with Crippen LogP contribution in [-0.4, -0.2) is 57.8 Å². The van der Waals surface area contributed by atoms with Crippen LogP contribution in [0.15, 0.2) is 48.5 Å². The van der Waals surface area contributed by atoms with Crippen molar-refractivity contribution in [2.75, 3.05) is 51.8 Å². The van der Waals surface area contributed by atoms with Crippen LogP contribution < -0.4 is 15.1 Å². The van der Waals surface area contributed by atoms with Crippen molar-refractivity contribution < 1.29 is 19.4 Å². The van der Waals surface area contributed by atoms with E-state index in [4.69, 9.17) is 4.74 Å². The summed E-state index contributed by atoms with van der Waals surface area (Å²) in [6.07, 6.45) is 0. The van der Waals surface area contributed by atoms with E-state index in [2.05, 4.69) is 29.6 Å². The molecule has 1 fully saturated rings. The minimum absolute atomic E-state index is 0.0434. The molecule has 0 aromatic heterocycles. The number of ether oxygens (including phenoxy) is 1. The summed E-state index contributed by atoms with van der Waals surface area (Å²) >= 11 is 0. The molecule has 29 heavy (non-hydrogen) atoms. The number of nitrogens with one attached hydrogen (secondary N) is 2. The van der Waals surface area contributed by atoms with Gasteiger partial charge in [-0.15, -0.1) is 0 Å². The Morgan fingerprint density at radius 3 is 2.45 bits per heavy atom. The molecule has 1 heterocycles. The van der Waals surface area contributed by atoms with Gasteiger partial charge in [0.25, 0.3) is 11.6 Å². The zero-order valence-electron chi connectivity index (χ0n) is 16.8. The van der Waals surface area contributed by atoms with Crippen molar-refractivity contribution in [2.24, 2.45) is 0 Å². The highest BCUT2D eigenvalue weighted by molar-refractivity contribution is 5.98. The molecule has 2 aromatic rings. The van der Waals surface area contributed by atoms with Gasteiger partial charge in [-0.05, 0) is 18.2 Å². The Morgan fingerprint density at radius 2 is 1.83 bits per heavy atom. The molecule has 1 amide bonds. The van der Waals surface area contributed by atoms with Crippen LogP contribution in [0.1, 0.15) is 22.0 Å². The summed E-state index contributed by atoms with van der Waals surface area (Å²) in [5.41, 5.74) is 2.12. The maximum Gasteiger partial charge on any atom is 0.282 e. The minimum Gasteiger partial charge on any atom is -0.378 e. The van der Waals surface area contributed by atoms with Crippen LogP contribution >= 0.6 is 0 Å². The Labute approximate surface area is 170 Å². The van der Waals surface area contributed by atoms with Crippen molar-refractivity contribution in [3.8, 4) is 0 Å². The lowest BCUT2D eigenvalue weighted by Crippen LogP contribution is -3.15. The first-order valence-electron chi connectivity index (χ1n) is 9.68. The van der Waals surface area contributed by atoms with Gasteiger partial charge in [-0.2, -0.15) is 0 Å². The van der Waals surface area contributed by atoms with Crippen LogP contribution in [0, 0.1) is 10.1 Å². The number of quaternary nitrogens is 1. The molecular formula is C21H27N4O4+. The first-order valence-corrected chi connectivity index (χ1v) is 9.68. The number of benzene rings is 2. The number of anilines is 1. The summed E-state index contributed by atoms with van der Waals surface area (Å²) in [4.78, 5) is 26.7. The number of morpholine rings is 1. The molecular weight excluding hydrogens is 372 g/mol. The summed E-state index contributed by atoms with van der Waals surface area (Å²) in [6.45, 7) is 3.45.